The summed E-state index contributed by atoms with van der Waals surface area (Å²) in [5.74, 6) is 0. The lowest BCUT2D eigenvalue weighted by Crippen LogP contribution is -2.38. The Labute approximate surface area is 114 Å². The molecule has 0 radical (unpaired) electrons. The first kappa shape index (κ1) is 14.3. The number of sulfonamides is 1. The summed E-state index contributed by atoms with van der Waals surface area (Å²) in [4.78, 5) is 2.37. The molecular formula is C13H20N2O3S. The van der Waals surface area contributed by atoms with Gasteiger partial charge in [0, 0.05) is 32.9 Å². The van der Waals surface area contributed by atoms with Crippen molar-refractivity contribution in [2.75, 3.05) is 32.1 Å². The van der Waals surface area contributed by atoms with Gasteiger partial charge in [-0.05, 0) is 37.1 Å². The van der Waals surface area contributed by atoms with E-state index in [-0.39, 0.29) is 6.10 Å². The van der Waals surface area contributed by atoms with E-state index in [1.807, 2.05) is 0 Å². The molecular weight excluding hydrogens is 264 g/mol. The summed E-state index contributed by atoms with van der Waals surface area (Å²) in [5.41, 5.74) is 0.955. The Morgan fingerprint density at radius 3 is 2.42 bits per heavy atom. The number of hydrogen-bond donors (Lipinski definition) is 1. The van der Waals surface area contributed by atoms with E-state index in [9.17, 15) is 13.5 Å². The van der Waals surface area contributed by atoms with Crippen molar-refractivity contribution in [3.63, 3.8) is 0 Å². The lowest BCUT2D eigenvalue weighted by atomic mass is 10.1. The van der Waals surface area contributed by atoms with Crippen molar-refractivity contribution >= 4 is 15.7 Å². The van der Waals surface area contributed by atoms with Crippen molar-refractivity contribution < 1.29 is 13.5 Å². The van der Waals surface area contributed by atoms with Gasteiger partial charge >= 0.3 is 0 Å². The molecule has 1 saturated heterocycles. The quantitative estimate of drug-likeness (QED) is 0.896. The molecule has 1 aromatic rings. The second kappa shape index (κ2) is 5.48. The van der Waals surface area contributed by atoms with Gasteiger partial charge in [-0.3, -0.25) is 0 Å². The van der Waals surface area contributed by atoms with E-state index < -0.39 is 10.0 Å². The highest BCUT2D eigenvalue weighted by Gasteiger charge is 2.20. The molecule has 0 bridgehead atoms. The molecule has 19 heavy (non-hydrogen) atoms. The minimum absolute atomic E-state index is 0.291. The monoisotopic (exact) mass is 284 g/mol. The normalized spacial score (nSPS) is 20.8. The number of β-amino-alcohol motifs (C(OH)–C–C–N with tert-alkyl or cyclic N) is 1. The maximum absolute atomic E-state index is 11.9. The minimum atomic E-state index is -3.37. The molecule has 5 nitrogen and oxygen atoms in total. The molecule has 0 unspecified atom stereocenters. The summed E-state index contributed by atoms with van der Waals surface area (Å²) in [5, 5.41) is 9.65. The van der Waals surface area contributed by atoms with E-state index >= 15 is 0 Å². The Hall–Kier alpha value is -1.11. The second-order valence-electron chi connectivity index (χ2n) is 5.02. The van der Waals surface area contributed by atoms with Crippen LogP contribution in [0.5, 0.6) is 0 Å². The van der Waals surface area contributed by atoms with Crippen molar-refractivity contribution in [1.82, 2.24) is 4.31 Å². The zero-order valence-corrected chi connectivity index (χ0v) is 12.1. The van der Waals surface area contributed by atoms with Crippen molar-refractivity contribution in [2.45, 2.75) is 23.8 Å². The van der Waals surface area contributed by atoms with Crippen LogP contribution in [0, 0.1) is 0 Å². The molecule has 0 spiro atoms. The second-order valence-corrected chi connectivity index (χ2v) is 7.18. The van der Waals surface area contributed by atoms with Gasteiger partial charge in [0.05, 0.1) is 11.0 Å². The molecule has 0 amide bonds. The summed E-state index contributed by atoms with van der Waals surface area (Å²) < 4.78 is 25.1. The van der Waals surface area contributed by atoms with Gasteiger partial charge in [-0.1, -0.05) is 0 Å². The molecule has 1 heterocycles. The molecule has 2 rings (SSSR count). The summed E-state index contributed by atoms with van der Waals surface area (Å²) in [6.45, 7) is 1.51. The third-order valence-electron chi connectivity index (χ3n) is 3.38. The topological polar surface area (TPSA) is 60.9 Å². The molecule has 0 aromatic heterocycles. The van der Waals surface area contributed by atoms with Crippen molar-refractivity contribution in [3.8, 4) is 0 Å². The summed E-state index contributed by atoms with van der Waals surface area (Å²) in [7, 11) is -0.334. The van der Waals surface area contributed by atoms with Crippen LogP contribution in [0.3, 0.4) is 0 Å². The fraction of sp³-hybridized carbons (Fsp3) is 0.538. The third-order valence-corrected chi connectivity index (χ3v) is 5.21. The van der Waals surface area contributed by atoms with E-state index in [0.717, 1.165) is 25.1 Å². The molecule has 0 aliphatic carbocycles. The van der Waals surface area contributed by atoms with Crippen LogP contribution in [0.2, 0.25) is 0 Å². The van der Waals surface area contributed by atoms with Gasteiger partial charge in [0.2, 0.25) is 10.0 Å². The Balaban J connectivity index is 2.19. The fourth-order valence-electron chi connectivity index (χ4n) is 2.23. The number of aliphatic hydroxyl groups is 1. The van der Waals surface area contributed by atoms with Crippen molar-refractivity contribution in [1.29, 1.82) is 0 Å². The minimum Gasteiger partial charge on any atom is -0.391 e. The number of nitrogens with zero attached hydrogens (tertiary/aromatic N) is 2. The van der Waals surface area contributed by atoms with Crippen molar-refractivity contribution in [2.24, 2.45) is 0 Å². The molecule has 1 aliphatic rings. The molecule has 1 fully saturated rings. The third kappa shape index (κ3) is 3.08. The molecule has 106 valence electrons. The molecule has 1 aliphatic heterocycles. The van der Waals surface area contributed by atoms with Crippen LogP contribution in [-0.2, 0) is 10.0 Å². The number of hydrogen-bond acceptors (Lipinski definition) is 4. The smallest absolute Gasteiger partial charge is 0.242 e. The van der Waals surface area contributed by atoms with Gasteiger partial charge in [0.1, 0.15) is 0 Å². The molecule has 0 saturated carbocycles. The zero-order valence-electron chi connectivity index (χ0n) is 11.3. The lowest BCUT2D eigenvalue weighted by Gasteiger charge is -2.32. The predicted molar refractivity (Wildman–Crippen MR) is 74.8 cm³/mol. The molecule has 1 N–H and O–H groups in total. The zero-order chi connectivity index (χ0) is 14.0. The average molecular weight is 284 g/mol. The van der Waals surface area contributed by atoms with Crippen LogP contribution in [0.1, 0.15) is 12.8 Å². The average Bonchev–Trinajstić information content (AvgIpc) is 2.38. The Kier molecular flexibility index (Phi) is 4.13. The van der Waals surface area contributed by atoms with Crippen LogP contribution in [0.25, 0.3) is 0 Å². The van der Waals surface area contributed by atoms with Gasteiger partial charge in [0.15, 0.2) is 0 Å². The predicted octanol–water partition coefficient (Wildman–Crippen LogP) is 0.898. The Morgan fingerprint density at radius 1 is 1.26 bits per heavy atom. The number of aliphatic hydroxyl groups excluding tert-OH is 1. The van der Waals surface area contributed by atoms with Crippen LogP contribution in [0.15, 0.2) is 29.2 Å². The Morgan fingerprint density at radius 2 is 1.89 bits per heavy atom. The van der Waals surface area contributed by atoms with Crippen LogP contribution >= 0.6 is 0 Å². The highest BCUT2D eigenvalue weighted by Crippen LogP contribution is 2.22. The first-order valence-corrected chi connectivity index (χ1v) is 7.81. The van der Waals surface area contributed by atoms with Crippen LogP contribution < -0.4 is 4.90 Å². The van der Waals surface area contributed by atoms with Gasteiger partial charge in [-0.2, -0.15) is 0 Å². The van der Waals surface area contributed by atoms with E-state index in [2.05, 4.69) is 4.90 Å². The highest BCUT2D eigenvalue weighted by atomic mass is 32.2. The van der Waals surface area contributed by atoms with Gasteiger partial charge in [-0.25, -0.2) is 12.7 Å². The number of piperidine rings is 1. The van der Waals surface area contributed by atoms with E-state index in [0.29, 0.717) is 11.4 Å². The van der Waals surface area contributed by atoms with Gasteiger partial charge < -0.3 is 10.0 Å². The van der Waals surface area contributed by atoms with E-state index in [4.69, 9.17) is 0 Å². The van der Waals surface area contributed by atoms with E-state index in [1.165, 1.54) is 18.4 Å². The lowest BCUT2D eigenvalue weighted by molar-refractivity contribution is 0.154. The fourth-order valence-corrected chi connectivity index (χ4v) is 3.13. The van der Waals surface area contributed by atoms with Crippen LogP contribution in [-0.4, -0.2) is 51.1 Å². The number of rotatable bonds is 3. The van der Waals surface area contributed by atoms with E-state index in [1.54, 1.807) is 24.3 Å². The molecule has 6 heteroatoms. The Bertz CT molecular complexity index is 525. The maximum Gasteiger partial charge on any atom is 0.242 e. The van der Waals surface area contributed by atoms with Crippen molar-refractivity contribution in [3.05, 3.63) is 24.3 Å². The standard InChI is InChI=1S/C13H20N2O3S/c1-14(2)19(17,18)13-7-5-11(6-8-13)15-9-3-4-12(16)10-15/h5-8,12,16H,3-4,9-10H2,1-2H3/t12-/m0/s1. The SMILES string of the molecule is CN(C)S(=O)(=O)c1ccc(N2CCC[C@H](O)C2)cc1. The van der Waals surface area contributed by atoms with Gasteiger partial charge in [0.25, 0.3) is 0 Å². The highest BCUT2D eigenvalue weighted by molar-refractivity contribution is 7.89. The molecule has 1 aromatic carbocycles. The first-order chi connectivity index (χ1) is 8.91. The van der Waals surface area contributed by atoms with Gasteiger partial charge in [-0.15, -0.1) is 0 Å². The number of anilines is 1. The molecule has 1 atom stereocenters. The first-order valence-electron chi connectivity index (χ1n) is 6.37. The maximum atomic E-state index is 11.9. The van der Waals surface area contributed by atoms with Crippen LogP contribution in [0.4, 0.5) is 5.69 Å². The number of benzene rings is 1. The summed E-state index contributed by atoms with van der Waals surface area (Å²) in [6, 6.07) is 6.83. The summed E-state index contributed by atoms with van der Waals surface area (Å²) in [6.07, 6.45) is 1.50. The largest absolute Gasteiger partial charge is 0.391 e. The summed E-state index contributed by atoms with van der Waals surface area (Å²) >= 11 is 0.